The molecule has 0 aromatic rings. The second kappa shape index (κ2) is 7.26. The molecule has 1 saturated heterocycles. The van der Waals surface area contributed by atoms with Crippen LogP contribution in [0.2, 0.25) is 0 Å². The maximum Gasteiger partial charge on any atom is 0.0876 e. The summed E-state index contributed by atoms with van der Waals surface area (Å²) in [7, 11) is 0. The van der Waals surface area contributed by atoms with Crippen molar-refractivity contribution in [2.24, 2.45) is 5.92 Å². The fourth-order valence-electron chi connectivity index (χ4n) is 2.56. The van der Waals surface area contributed by atoms with Crippen LogP contribution in [0.4, 0.5) is 0 Å². The Balaban J connectivity index is 1.57. The molecule has 2 rings (SSSR count). The zero-order valence-electron chi connectivity index (χ0n) is 10.2. The van der Waals surface area contributed by atoms with Crippen LogP contribution in [0.5, 0.6) is 0 Å². The molecule has 1 unspecified atom stereocenters. The summed E-state index contributed by atoms with van der Waals surface area (Å²) in [6.45, 7) is 0.939. The van der Waals surface area contributed by atoms with Gasteiger partial charge in [0, 0.05) is 0 Å². The van der Waals surface area contributed by atoms with Gasteiger partial charge < -0.3 is 4.74 Å². The summed E-state index contributed by atoms with van der Waals surface area (Å²) in [5.41, 5.74) is 1.54. The van der Waals surface area contributed by atoms with Crippen LogP contribution in [0.25, 0.3) is 0 Å². The number of hydrogen-bond donors (Lipinski definition) is 0. The molecule has 92 valence electrons. The van der Waals surface area contributed by atoms with E-state index in [1.54, 1.807) is 0 Å². The third-order valence-electron chi connectivity index (χ3n) is 3.64. The number of ether oxygens (including phenoxy) is 1. The normalized spacial score (nSPS) is 26.5. The molecule has 0 radical (unpaired) electrons. The van der Waals surface area contributed by atoms with E-state index in [2.05, 4.69) is 18.0 Å². The van der Waals surface area contributed by atoms with Crippen LogP contribution in [-0.2, 0) is 4.74 Å². The number of hydrogen-bond acceptors (Lipinski definition) is 2. The van der Waals surface area contributed by atoms with Crippen molar-refractivity contribution < 1.29 is 4.74 Å². The van der Waals surface area contributed by atoms with Crippen LogP contribution < -0.4 is 0 Å². The lowest BCUT2D eigenvalue weighted by Gasteiger charge is -2.12. The molecule has 1 aliphatic carbocycles. The van der Waals surface area contributed by atoms with Gasteiger partial charge >= 0.3 is 0 Å². The van der Waals surface area contributed by atoms with E-state index in [4.69, 9.17) is 4.74 Å². The first-order chi connectivity index (χ1) is 7.95. The Morgan fingerprint density at radius 1 is 1.19 bits per heavy atom. The molecule has 1 atom stereocenters. The van der Waals surface area contributed by atoms with E-state index in [1.807, 2.05) is 0 Å². The van der Waals surface area contributed by atoms with Crippen molar-refractivity contribution in [2.45, 2.75) is 51.4 Å². The monoisotopic (exact) mass is 240 g/mol. The minimum atomic E-state index is 0.912. The van der Waals surface area contributed by atoms with E-state index < -0.39 is 0 Å². The SMILES string of the molecule is C(OCCC1CCCCSC1)=C1CCCC1. The molecule has 0 N–H and O–H groups in total. The molecule has 1 aliphatic heterocycles. The molecule has 1 saturated carbocycles. The first kappa shape index (κ1) is 12.3. The van der Waals surface area contributed by atoms with Crippen molar-refractivity contribution >= 4 is 11.8 Å². The van der Waals surface area contributed by atoms with Gasteiger partial charge in [0.15, 0.2) is 0 Å². The van der Waals surface area contributed by atoms with Crippen molar-refractivity contribution in [3.8, 4) is 0 Å². The molecule has 0 amide bonds. The van der Waals surface area contributed by atoms with E-state index in [0.29, 0.717) is 0 Å². The van der Waals surface area contributed by atoms with E-state index >= 15 is 0 Å². The third-order valence-corrected chi connectivity index (χ3v) is 4.93. The van der Waals surface area contributed by atoms with Gasteiger partial charge in [-0.1, -0.05) is 6.42 Å². The third kappa shape index (κ3) is 4.40. The molecule has 2 fully saturated rings. The van der Waals surface area contributed by atoms with Crippen LogP contribution in [0, 0.1) is 5.92 Å². The molecular weight excluding hydrogens is 216 g/mol. The highest BCUT2D eigenvalue weighted by Gasteiger charge is 2.12. The maximum atomic E-state index is 5.69. The second-order valence-electron chi connectivity index (χ2n) is 5.08. The minimum Gasteiger partial charge on any atom is -0.501 e. The summed E-state index contributed by atoms with van der Waals surface area (Å²) in [6, 6.07) is 0. The number of thioether (sulfide) groups is 1. The molecule has 1 heterocycles. The van der Waals surface area contributed by atoms with Gasteiger partial charge in [0.25, 0.3) is 0 Å². The van der Waals surface area contributed by atoms with E-state index in [-0.39, 0.29) is 0 Å². The van der Waals surface area contributed by atoms with E-state index in [1.165, 1.54) is 68.4 Å². The minimum absolute atomic E-state index is 0.912. The highest BCUT2D eigenvalue weighted by Crippen LogP contribution is 2.25. The Kier molecular flexibility index (Phi) is 5.60. The summed E-state index contributed by atoms with van der Waals surface area (Å²) < 4.78 is 5.69. The van der Waals surface area contributed by atoms with Crippen molar-refractivity contribution in [1.29, 1.82) is 0 Å². The Bertz CT molecular complexity index is 209. The van der Waals surface area contributed by atoms with Crippen LogP contribution in [0.15, 0.2) is 11.8 Å². The van der Waals surface area contributed by atoms with Gasteiger partial charge in [-0.25, -0.2) is 0 Å². The fraction of sp³-hybridized carbons (Fsp3) is 0.857. The van der Waals surface area contributed by atoms with Crippen molar-refractivity contribution in [2.75, 3.05) is 18.1 Å². The van der Waals surface area contributed by atoms with Crippen molar-refractivity contribution in [3.63, 3.8) is 0 Å². The molecule has 1 nitrogen and oxygen atoms in total. The van der Waals surface area contributed by atoms with Gasteiger partial charge in [-0.3, -0.25) is 0 Å². The average molecular weight is 240 g/mol. The highest BCUT2D eigenvalue weighted by atomic mass is 32.2. The first-order valence-electron chi connectivity index (χ1n) is 6.82. The Labute approximate surface area is 104 Å². The largest absolute Gasteiger partial charge is 0.501 e. The van der Waals surface area contributed by atoms with Gasteiger partial charge in [0.2, 0.25) is 0 Å². The molecule has 2 aliphatic rings. The van der Waals surface area contributed by atoms with Crippen molar-refractivity contribution in [1.82, 2.24) is 0 Å². The lowest BCUT2D eigenvalue weighted by atomic mass is 10.0. The number of rotatable bonds is 4. The standard InChI is InChI=1S/C14H24OS/c1-2-6-13(5-1)11-15-9-8-14-7-3-4-10-16-12-14/h11,14H,1-10,12H2. The van der Waals surface area contributed by atoms with Crippen LogP contribution in [0.3, 0.4) is 0 Å². The molecular formula is C14H24OS. The molecule has 0 aromatic heterocycles. The smallest absolute Gasteiger partial charge is 0.0876 e. The Morgan fingerprint density at radius 2 is 2.06 bits per heavy atom. The summed E-state index contributed by atoms with van der Waals surface area (Å²) >= 11 is 2.14. The van der Waals surface area contributed by atoms with Crippen LogP contribution in [0.1, 0.15) is 51.4 Å². The quantitative estimate of drug-likeness (QED) is 0.532. The maximum absolute atomic E-state index is 5.69. The van der Waals surface area contributed by atoms with Gasteiger partial charge in [-0.15, -0.1) is 0 Å². The molecule has 0 aromatic carbocycles. The predicted octanol–water partition coefficient (Wildman–Crippen LogP) is 4.38. The zero-order valence-corrected chi connectivity index (χ0v) is 11.1. The summed E-state index contributed by atoms with van der Waals surface area (Å²) in [5, 5.41) is 0. The predicted molar refractivity (Wildman–Crippen MR) is 71.8 cm³/mol. The lowest BCUT2D eigenvalue weighted by molar-refractivity contribution is 0.220. The molecule has 16 heavy (non-hydrogen) atoms. The molecule has 0 bridgehead atoms. The Morgan fingerprint density at radius 3 is 2.94 bits per heavy atom. The average Bonchev–Trinajstić information content (AvgIpc) is 2.68. The van der Waals surface area contributed by atoms with Crippen LogP contribution in [-0.4, -0.2) is 18.1 Å². The molecule has 2 heteroatoms. The van der Waals surface area contributed by atoms with Gasteiger partial charge in [-0.05, 0) is 67.9 Å². The summed E-state index contributed by atoms with van der Waals surface area (Å²) in [5.74, 6) is 3.65. The van der Waals surface area contributed by atoms with E-state index in [9.17, 15) is 0 Å². The Hall–Kier alpha value is -0.110. The summed E-state index contributed by atoms with van der Waals surface area (Å²) in [4.78, 5) is 0. The van der Waals surface area contributed by atoms with Gasteiger partial charge in [-0.2, -0.15) is 11.8 Å². The topological polar surface area (TPSA) is 9.23 Å². The van der Waals surface area contributed by atoms with Crippen molar-refractivity contribution in [3.05, 3.63) is 11.8 Å². The first-order valence-corrected chi connectivity index (χ1v) is 7.98. The zero-order chi connectivity index (χ0) is 11.1. The second-order valence-corrected chi connectivity index (χ2v) is 6.23. The fourth-order valence-corrected chi connectivity index (χ4v) is 3.80. The lowest BCUT2D eigenvalue weighted by Crippen LogP contribution is -2.05. The highest BCUT2D eigenvalue weighted by molar-refractivity contribution is 7.99. The van der Waals surface area contributed by atoms with E-state index in [0.717, 1.165) is 12.5 Å². The summed E-state index contributed by atoms with van der Waals surface area (Å²) in [6.07, 6.45) is 12.9. The molecule has 0 spiro atoms. The van der Waals surface area contributed by atoms with Gasteiger partial charge in [0.1, 0.15) is 0 Å². The van der Waals surface area contributed by atoms with Crippen LogP contribution >= 0.6 is 11.8 Å². The number of allylic oxidation sites excluding steroid dienone is 1. The van der Waals surface area contributed by atoms with Gasteiger partial charge in [0.05, 0.1) is 12.9 Å².